The Morgan fingerprint density at radius 1 is 1.12 bits per heavy atom. The van der Waals surface area contributed by atoms with Gasteiger partial charge in [0.1, 0.15) is 5.76 Å². The van der Waals surface area contributed by atoms with Crippen LogP contribution in [0.2, 0.25) is 0 Å². The Bertz CT molecular complexity index is 420. The summed E-state index contributed by atoms with van der Waals surface area (Å²) in [6, 6.07) is 12.0. The summed E-state index contributed by atoms with van der Waals surface area (Å²) in [5, 5.41) is 3.35. The predicted octanol–water partition coefficient (Wildman–Crippen LogP) is 2.58. The van der Waals surface area contributed by atoms with Crippen LogP contribution in [0, 0.1) is 0 Å². The standard InChI is InChI=1S/C14H18N2O/c15-13-7-5-12(6-8-13)3-1-9-16-11-14-4-2-10-17-14/h2,4-8,10,16H,1,3,9,11,15H2. The van der Waals surface area contributed by atoms with Gasteiger partial charge in [-0.3, -0.25) is 0 Å². The molecule has 0 fully saturated rings. The molecule has 1 heterocycles. The number of aryl methyl sites for hydroxylation is 1. The molecule has 0 amide bonds. The van der Waals surface area contributed by atoms with E-state index in [2.05, 4.69) is 17.4 Å². The first-order chi connectivity index (χ1) is 8.34. The van der Waals surface area contributed by atoms with Crippen molar-refractivity contribution < 1.29 is 4.42 Å². The number of benzene rings is 1. The zero-order valence-electron chi connectivity index (χ0n) is 9.86. The maximum absolute atomic E-state index is 5.63. The lowest BCUT2D eigenvalue weighted by atomic mass is 10.1. The van der Waals surface area contributed by atoms with E-state index < -0.39 is 0 Å². The second-order valence-electron chi connectivity index (χ2n) is 4.10. The molecular weight excluding hydrogens is 212 g/mol. The largest absolute Gasteiger partial charge is 0.468 e. The average molecular weight is 230 g/mol. The van der Waals surface area contributed by atoms with Crippen LogP contribution in [-0.4, -0.2) is 6.54 Å². The van der Waals surface area contributed by atoms with Crippen LogP contribution < -0.4 is 11.1 Å². The van der Waals surface area contributed by atoms with Gasteiger partial charge in [-0.05, 0) is 49.2 Å². The fraction of sp³-hybridized carbons (Fsp3) is 0.286. The van der Waals surface area contributed by atoms with E-state index in [4.69, 9.17) is 10.2 Å². The average Bonchev–Trinajstić information content (AvgIpc) is 2.84. The second kappa shape index (κ2) is 6.11. The first-order valence-electron chi connectivity index (χ1n) is 5.92. The summed E-state index contributed by atoms with van der Waals surface area (Å²) in [6.45, 7) is 1.79. The van der Waals surface area contributed by atoms with Gasteiger partial charge in [0, 0.05) is 5.69 Å². The van der Waals surface area contributed by atoms with Crippen LogP contribution >= 0.6 is 0 Å². The molecule has 0 bridgehead atoms. The van der Waals surface area contributed by atoms with Gasteiger partial charge in [-0.2, -0.15) is 0 Å². The fourth-order valence-corrected chi connectivity index (χ4v) is 1.73. The lowest BCUT2D eigenvalue weighted by Gasteiger charge is -2.03. The van der Waals surface area contributed by atoms with Crippen molar-refractivity contribution in [3.8, 4) is 0 Å². The molecule has 0 saturated carbocycles. The maximum Gasteiger partial charge on any atom is 0.117 e. The van der Waals surface area contributed by atoms with E-state index in [1.54, 1.807) is 6.26 Å². The summed E-state index contributed by atoms with van der Waals surface area (Å²) in [6.07, 6.45) is 3.89. The third kappa shape index (κ3) is 3.96. The quantitative estimate of drug-likeness (QED) is 0.592. The number of nitrogens with two attached hydrogens (primary N) is 1. The lowest BCUT2D eigenvalue weighted by Crippen LogP contribution is -2.14. The fourth-order valence-electron chi connectivity index (χ4n) is 1.73. The zero-order chi connectivity index (χ0) is 11.9. The number of hydrogen-bond acceptors (Lipinski definition) is 3. The smallest absolute Gasteiger partial charge is 0.117 e. The van der Waals surface area contributed by atoms with Gasteiger partial charge in [0.2, 0.25) is 0 Å². The van der Waals surface area contributed by atoms with Gasteiger partial charge in [0.15, 0.2) is 0 Å². The summed E-state index contributed by atoms with van der Waals surface area (Å²) in [5.74, 6) is 0.984. The van der Waals surface area contributed by atoms with E-state index in [-0.39, 0.29) is 0 Å². The molecule has 2 rings (SSSR count). The summed E-state index contributed by atoms with van der Waals surface area (Å²) in [4.78, 5) is 0. The molecule has 1 aromatic carbocycles. The van der Waals surface area contributed by atoms with E-state index in [9.17, 15) is 0 Å². The van der Waals surface area contributed by atoms with Gasteiger partial charge in [-0.1, -0.05) is 12.1 Å². The number of hydrogen-bond donors (Lipinski definition) is 2. The van der Waals surface area contributed by atoms with Gasteiger partial charge in [-0.25, -0.2) is 0 Å². The molecular formula is C14H18N2O. The van der Waals surface area contributed by atoms with E-state index in [1.165, 1.54) is 5.56 Å². The third-order valence-electron chi connectivity index (χ3n) is 2.68. The highest BCUT2D eigenvalue weighted by molar-refractivity contribution is 5.39. The van der Waals surface area contributed by atoms with Gasteiger partial charge in [-0.15, -0.1) is 0 Å². The van der Waals surface area contributed by atoms with E-state index in [1.807, 2.05) is 24.3 Å². The molecule has 0 aliphatic carbocycles. The molecule has 3 heteroatoms. The highest BCUT2D eigenvalue weighted by Crippen LogP contribution is 2.07. The molecule has 1 aromatic heterocycles. The van der Waals surface area contributed by atoms with Crippen molar-refractivity contribution in [2.45, 2.75) is 19.4 Å². The molecule has 0 saturated heterocycles. The lowest BCUT2D eigenvalue weighted by molar-refractivity contribution is 0.481. The minimum Gasteiger partial charge on any atom is -0.468 e. The van der Waals surface area contributed by atoms with Crippen LogP contribution in [0.3, 0.4) is 0 Å². The Kier molecular flexibility index (Phi) is 4.22. The third-order valence-corrected chi connectivity index (χ3v) is 2.68. The van der Waals surface area contributed by atoms with Gasteiger partial charge < -0.3 is 15.5 Å². The van der Waals surface area contributed by atoms with Crippen LogP contribution in [0.1, 0.15) is 17.7 Å². The van der Waals surface area contributed by atoms with Crippen LogP contribution in [0.15, 0.2) is 47.1 Å². The normalized spacial score (nSPS) is 10.6. The molecule has 0 aliphatic heterocycles. The molecule has 2 aromatic rings. The van der Waals surface area contributed by atoms with E-state index in [0.29, 0.717) is 0 Å². The predicted molar refractivity (Wildman–Crippen MR) is 69.6 cm³/mol. The summed E-state index contributed by atoms with van der Waals surface area (Å²) in [5.41, 5.74) is 7.79. The van der Waals surface area contributed by atoms with Crippen LogP contribution in [0.4, 0.5) is 5.69 Å². The number of anilines is 1. The number of furan rings is 1. The van der Waals surface area contributed by atoms with E-state index >= 15 is 0 Å². The van der Waals surface area contributed by atoms with Crippen LogP contribution in [0.5, 0.6) is 0 Å². The second-order valence-corrected chi connectivity index (χ2v) is 4.10. The molecule has 0 atom stereocenters. The Morgan fingerprint density at radius 3 is 2.65 bits per heavy atom. The molecule has 0 unspecified atom stereocenters. The number of nitrogens with one attached hydrogen (secondary N) is 1. The van der Waals surface area contributed by atoms with Crippen LogP contribution in [0.25, 0.3) is 0 Å². The minimum atomic E-state index is 0.800. The molecule has 3 nitrogen and oxygen atoms in total. The van der Waals surface area contributed by atoms with Crippen molar-refractivity contribution in [2.75, 3.05) is 12.3 Å². The molecule has 3 N–H and O–H groups in total. The summed E-state index contributed by atoms with van der Waals surface area (Å²) in [7, 11) is 0. The Morgan fingerprint density at radius 2 is 1.94 bits per heavy atom. The summed E-state index contributed by atoms with van der Waals surface area (Å²) < 4.78 is 5.24. The molecule has 17 heavy (non-hydrogen) atoms. The highest BCUT2D eigenvalue weighted by Gasteiger charge is 1.95. The molecule has 0 radical (unpaired) electrons. The first kappa shape index (κ1) is 11.7. The van der Waals surface area contributed by atoms with Crippen molar-refractivity contribution in [1.82, 2.24) is 5.32 Å². The number of rotatable bonds is 6. The van der Waals surface area contributed by atoms with Crippen molar-refractivity contribution >= 4 is 5.69 Å². The Labute approximate surface area is 102 Å². The first-order valence-corrected chi connectivity index (χ1v) is 5.92. The molecule has 0 aliphatic rings. The molecule has 90 valence electrons. The van der Waals surface area contributed by atoms with Gasteiger partial charge in [0.05, 0.1) is 12.8 Å². The van der Waals surface area contributed by atoms with Crippen LogP contribution in [-0.2, 0) is 13.0 Å². The van der Waals surface area contributed by atoms with Crippen molar-refractivity contribution in [3.63, 3.8) is 0 Å². The zero-order valence-corrected chi connectivity index (χ0v) is 9.86. The Hall–Kier alpha value is -1.74. The number of nitrogen functional groups attached to an aromatic ring is 1. The topological polar surface area (TPSA) is 51.2 Å². The minimum absolute atomic E-state index is 0.800. The van der Waals surface area contributed by atoms with Crippen molar-refractivity contribution in [3.05, 3.63) is 54.0 Å². The Balaban J connectivity index is 1.61. The highest BCUT2D eigenvalue weighted by atomic mass is 16.3. The van der Waals surface area contributed by atoms with Crippen molar-refractivity contribution in [1.29, 1.82) is 0 Å². The van der Waals surface area contributed by atoms with Gasteiger partial charge >= 0.3 is 0 Å². The molecule has 0 spiro atoms. The maximum atomic E-state index is 5.63. The van der Waals surface area contributed by atoms with Gasteiger partial charge in [0.25, 0.3) is 0 Å². The van der Waals surface area contributed by atoms with E-state index in [0.717, 1.165) is 37.4 Å². The monoisotopic (exact) mass is 230 g/mol. The SMILES string of the molecule is Nc1ccc(CCCNCc2ccco2)cc1. The van der Waals surface area contributed by atoms with Crippen molar-refractivity contribution in [2.24, 2.45) is 0 Å². The summed E-state index contributed by atoms with van der Waals surface area (Å²) >= 11 is 0.